The van der Waals surface area contributed by atoms with Crippen LogP contribution in [0, 0.1) is 0 Å². The van der Waals surface area contributed by atoms with E-state index < -0.39 is 5.97 Å². The van der Waals surface area contributed by atoms with Crippen molar-refractivity contribution in [2.24, 2.45) is 0 Å². The van der Waals surface area contributed by atoms with Gasteiger partial charge >= 0.3 is 5.97 Å². The standard InChI is InChI=1S/C17H14O2/c18-17(19)11-16-14-9-5-4-8-13(14)10-15(16)12-6-2-1-3-7-12/h1-9H,10-11H2,(H,18,19). The normalized spacial score (nSPS) is 13.5. The second-order valence-corrected chi connectivity index (χ2v) is 4.73. The van der Waals surface area contributed by atoms with Gasteiger partial charge in [-0.2, -0.15) is 0 Å². The number of carboxylic acids is 1. The van der Waals surface area contributed by atoms with Gasteiger partial charge in [-0.05, 0) is 34.3 Å². The van der Waals surface area contributed by atoms with Gasteiger partial charge in [-0.1, -0.05) is 54.6 Å². The Bertz CT molecular complexity index is 654. The van der Waals surface area contributed by atoms with E-state index in [-0.39, 0.29) is 6.42 Å². The molecule has 0 spiro atoms. The van der Waals surface area contributed by atoms with Crippen LogP contribution >= 0.6 is 0 Å². The van der Waals surface area contributed by atoms with Crippen LogP contribution in [-0.4, -0.2) is 11.1 Å². The van der Waals surface area contributed by atoms with Crippen LogP contribution in [0.3, 0.4) is 0 Å². The summed E-state index contributed by atoms with van der Waals surface area (Å²) >= 11 is 0. The Morgan fingerprint density at radius 3 is 2.42 bits per heavy atom. The zero-order chi connectivity index (χ0) is 13.2. The van der Waals surface area contributed by atoms with Gasteiger partial charge in [0.25, 0.3) is 0 Å². The van der Waals surface area contributed by atoms with E-state index in [9.17, 15) is 4.79 Å². The lowest BCUT2D eigenvalue weighted by Gasteiger charge is -2.06. The summed E-state index contributed by atoms with van der Waals surface area (Å²) in [4.78, 5) is 11.1. The van der Waals surface area contributed by atoms with Crippen LogP contribution in [0.5, 0.6) is 0 Å². The smallest absolute Gasteiger partial charge is 0.307 e. The van der Waals surface area contributed by atoms with Crippen molar-refractivity contribution in [2.75, 3.05) is 0 Å². The van der Waals surface area contributed by atoms with Crippen molar-refractivity contribution in [3.63, 3.8) is 0 Å². The Morgan fingerprint density at radius 1 is 1.00 bits per heavy atom. The first-order valence-corrected chi connectivity index (χ1v) is 6.33. The van der Waals surface area contributed by atoms with Crippen LogP contribution in [0.15, 0.2) is 54.6 Å². The number of aliphatic carboxylic acids is 1. The summed E-state index contributed by atoms with van der Waals surface area (Å²) in [6.45, 7) is 0. The predicted octanol–water partition coefficient (Wildman–Crippen LogP) is 3.63. The highest BCUT2D eigenvalue weighted by molar-refractivity contribution is 6.02. The van der Waals surface area contributed by atoms with E-state index in [1.165, 1.54) is 5.56 Å². The number of benzene rings is 2. The molecule has 0 bridgehead atoms. The Morgan fingerprint density at radius 2 is 1.68 bits per heavy atom. The zero-order valence-electron chi connectivity index (χ0n) is 10.5. The van der Waals surface area contributed by atoms with Crippen molar-refractivity contribution in [1.29, 1.82) is 0 Å². The van der Waals surface area contributed by atoms with Gasteiger partial charge in [0.15, 0.2) is 0 Å². The summed E-state index contributed by atoms with van der Waals surface area (Å²) in [5.74, 6) is -0.778. The number of hydrogen-bond acceptors (Lipinski definition) is 1. The number of carbonyl (C=O) groups is 1. The van der Waals surface area contributed by atoms with Crippen molar-refractivity contribution >= 4 is 17.1 Å². The molecule has 1 aliphatic rings. The largest absolute Gasteiger partial charge is 0.481 e. The van der Waals surface area contributed by atoms with E-state index in [0.29, 0.717) is 0 Å². The van der Waals surface area contributed by atoms with Crippen LogP contribution in [0.1, 0.15) is 23.1 Å². The number of rotatable bonds is 3. The fourth-order valence-corrected chi connectivity index (χ4v) is 2.70. The molecular formula is C17H14O2. The first-order valence-electron chi connectivity index (χ1n) is 6.33. The molecule has 0 heterocycles. The molecule has 0 saturated heterocycles. The highest BCUT2D eigenvalue weighted by Gasteiger charge is 2.23. The third-order valence-corrected chi connectivity index (χ3v) is 3.52. The Labute approximate surface area is 112 Å². The van der Waals surface area contributed by atoms with Crippen LogP contribution < -0.4 is 0 Å². The molecule has 0 fully saturated rings. The van der Waals surface area contributed by atoms with Crippen LogP contribution in [0.4, 0.5) is 0 Å². The Balaban J connectivity index is 2.13. The fourth-order valence-electron chi connectivity index (χ4n) is 2.70. The average molecular weight is 250 g/mol. The molecule has 2 heteroatoms. The molecule has 1 N–H and O–H groups in total. The maximum atomic E-state index is 11.1. The molecule has 0 atom stereocenters. The molecule has 94 valence electrons. The summed E-state index contributed by atoms with van der Waals surface area (Å²) in [6, 6.07) is 18.1. The summed E-state index contributed by atoms with van der Waals surface area (Å²) in [6.07, 6.45) is 0.907. The van der Waals surface area contributed by atoms with Gasteiger partial charge < -0.3 is 5.11 Å². The van der Waals surface area contributed by atoms with Crippen LogP contribution in [-0.2, 0) is 11.2 Å². The molecule has 0 unspecified atom stereocenters. The van der Waals surface area contributed by atoms with Gasteiger partial charge in [-0.25, -0.2) is 0 Å². The summed E-state index contributed by atoms with van der Waals surface area (Å²) in [5, 5.41) is 9.13. The van der Waals surface area contributed by atoms with Crippen molar-refractivity contribution < 1.29 is 9.90 Å². The lowest BCUT2D eigenvalue weighted by Crippen LogP contribution is -1.97. The SMILES string of the molecule is O=C(O)CC1=C(c2ccccc2)Cc2ccccc21. The van der Waals surface area contributed by atoms with Crippen molar-refractivity contribution in [2.45, 2.75) is 12.8 Å². The van der Waals surface area contributed by atoms with E-state index in [1.54, 1.807) is 0 Å². The minimum Gasteiger partial charge on any atom is -0.481 e. The monoisotopic (exact) mass is 250 g/mol. The molecule has 2 nitrogen and oxygen atoms in total. The van der Waals surface area contributed by atoms with Gasteiger partial charge in [0.1, 0.15) is 0 Å². The van der Waals surface area contributed by atoms with Crippen molar-refractivity contribution in [3.05, 3.63) is 71.3 Å². The maximum Gasteiger partial charge on any atom is 0.307 e. The van der Waals surface area contributed by atoms with Crippen molar-refractivity contribution in [1.82, 2.24) is 0 Å². The Hall–Kier alpha value is -2.35. The highest BCUT2D eigenvalue weighted by Crippen LogP contribution is 2.39. The molecule has 0 aromatic heterocycles. The van der Waals surface area contributed by atoms with Crippen molar-refractivity contribution in [3.8, 4) is 0 Å². The second kappa shape index (κ2) is 4.73. The van der Waals surface area contributed by atoms with Gasteiger partial charge in [0.2, 0.25) is 0 Å². The molecule has 0 saturated carbocycles. The fraction of sp³-hybridized carbons (Fsp3) is 0.118. The zero-order valence-corrected chi connectivity index (χ0v) is 10.5. The third kappa shape index (κ3) is 2.17. The summed E-state index contributed by atoms with van der Waals surface area (Å²) in [7, 11) is 0. The summed E-state index contributed by atoms with van der Waals surface area (Å²) < 4.78 is 0. The molecule has 0 aliphatic heterocycles. The molecule has 2 aromatic rings. The van der Waals surface area contributed by atoms with E-state index in [2.05, 4.69) is 6.07 Å². The van der Waals surface area contributed by atoms with E-state index >= 15 is 0 Å². The molecular weight excluding hydrogens is 236 g/mol. The lowest BCUT2D eigenvalue weighted by atomic mass is 9.98. The quantitative estimate of drug-likeness (QED) is 0.903. The average Bonchev–Trinajstić information content (AvgIpc) is 2.78. The van der Waals surface area contributed by atoms with Gasteiger partial charge in [0, 0.05) is 0 Å². The molecule has 1 aliphatic carbocycles. The minimum atomic E-state index is -0.778. The summed E-state index contributed by atoms with van der Waals surface area (Å²) in [5.41, 5.74) is 5.52. The first kappa shape index (κ1) is 11.7. The van der Waals surface area contributed by atoms with Crippen LogP contribution in [0.2, 0.25) is 0 Å². The predicted molar refractivity (Wildman–Crippen MR) is 75.7 cm³/mol. The Kier molecular flexibility index (Phi) is 2.92. The van der Waals surface area contributed by atoms with E-state index in [1.807, 2.05) is 48.5 Å². The number of carboxylic acid groups (broad SMARTS) is 1. The number of fused-ring (bicyclic) bond motifs is 1. The second-order valence-electron chi connectivity index (χ2n) is 4.73. The van der Waals surface area contributed by atoms with E-state index in [0.717, 1.165) is 28.7 Å². The molecule has 0 radical (unpaired) electrons. The topological polar surface area (TPSA) is 37.3 Å². The van der Waals surface area contributed by atoms with Crippen LogP contribution in [0.25, 0.3) is 11.1 Å². The molecule has 3 rings (SSSR count). The third-order valence-electron chi connectivity index (χ3n) is 3.52. The molecule has 2 aromatic carbocycles. The van der Waals surface area contributed by atoms with E-state index in [4.69, 9.17) is 5.11 Å². The van der Waals surface area contributed by atoms with Gasteiger partial charge in [-0.15, -0.1) is 0 Å². The maximum absolute atomic E-state index is 11.1. The number of hydrogen-bond donors (Lipinski definition) is 1. The number of allylic oxidation sites excluding steroid dienone is 1. The molecule has 19 heavy (non-hydrogen) atoms. The van der Waals surface area contributed by atoms with Gasteiger partial charge in [-0.3, -0.25) is 4.79 Å². The lowest BCUT2D eigenvalue weighted by molar-refractivity contribution is -0.135. The minimum absolute atomic E-state index is 0.0846. The van der Waals surface area contributed by atoms with Gasteiger partial charge in [0.05, 0.1) is 6.42 Å². The highest BCUT2D eigenvalue weighted by atomic mass is 16.4. The first-order chi connectivity index (χ1) is 9.25. The molecule has 0 amide bonds.